The van der Waals surface area contributed by atoms with Gasteiger partial charge in [0.2, 0.25) is 11.8 Å². The number of nitrogens with zero attached hydrogens (tertiary/aromatic N) is 2. The number of thioether (sulfide) groups is 1. The first-order valence-corrected chi connectivity index (χ1v) is 10.4. The third-order valence-corrected chi connectivity index (χ3v) is 6.33. The number of benzene rings is 1. The molecule has 0 atom stereocenters. The van der Waals surface area contributed by atoms with E-state index >= 15 is 0 Å². The normalized spacial score (nSPS) is 19.6. The summed E-state index contributed by atoms with van der Waals surface area (Å²) in [5, 5.41) is 0.563. The Morgan fingerprint density at radius 3 is 2.31 bits per heavy atom. The number of nitrogens with two attached hydrogens (primary N) is 1. The van der Waals surface area contributed by atoms with Gasteiger partial charge in [-0.2, -0.15) is 0 Å². The molecule has 0 saturated carbocycles. The molecule has 2 saturated heterocycles. The van der Waals surface area contributed by atoms with Crippen LogP contribution in [-0.4, -0.2) is 59.1 Å². The van der Waals surface area contributed by atoms with Crippen molar-refractivity contribution in [2.45, 2.75) is 49.3 Å². The second-order valence-corrected chi connectivity index (χ2v) is 9.30. The zero-order chi connectivity index (χ0) is 18.7. The maximum Gasteiger partial charge on any atom is 0.227 e. The number of hydrogen-bond donors (Lipinski definition) is 1. The van der Waals surface area contributed by atoms with Gasteiger partial charge in [-0.15, -0.1) is 11.8 Å². The molecule has 1 aromatic carbocycles. The molecule has 0 aliphatic carbocycles. The van der Waals surface area contributed by atoms with Gasteiger partial charge in [-0.05, 0) is 43.6 Å². The van der Waals surface area contributed by atoms with Gasteiger partial charge in [-0.25, -0.2) is 0 Å². The molecule has 2 N–H and O–H groups in total. The largest absolute Gasteiger partial charge is 0.369 e. The highest BCUT2D eigenvalue weighted by Crippen LogP contribution is 2.25. The Kier molecular flexibility index (Phi) is 6.24. The Morgan fingerprint density at radius 2 is 1.77 bits per heavy atom. The maximum absolute atomic E-state index is 12.5. The second-order valence-electron chi connectivity index (χ2n) is 7.65. The Labute approximate surface area is 160 Å². The summed E-state index contributed by atoms with van der Waals surface area (Å²) in [7, 11) is 0. The van der Waals surface area contributed by atoms with Crippen molar-refractivity contribution in [3.8, 4) is 0 Å². The van der Waals surface area contributed by atoms with Crippen LogP contribution >= 0.6 is 11.8 Å². The third-order valence-electron chi connectivity index (χ3n) is 5.31. The van der Waals surface area contributed by atoms with Crippen molar-refractivity contribution >= 4 is 23.6 Å². The van der Waals surface area contributed by atoms with E-state index in [-0.39, 0.29) is 17.7 Å². The van der Waals surface area contributed by atoms with E-state index < -0.39 is 0 Å². The van der Waals surface area contributed by atoms with Gasteiger partial charge in [0, 0.05) is 35.2 Å². The van der Waals surface area contributed by atoms with Crippen molar-refractivity contribution in [1.82, 2.24) is 9.80 Å². The number of rotatable bonds is 6. The molecule has 2 aliphatic rings. The number of carbonyl (C=O) groups is 2. The van der Waals surface area contributed by atoms with Crippen molar-refractivity contribution in [3.63, 3.8) is 0 Å². The average molecular weight is 376 g/mol. The van der Waals surface area contributed by atoms with Crippen molar-refractivity contribution < 1.29 is 9.59 Å². The summed E-state index contributed by atoms with van der Waals surface area (Å²) in [6, 6.07) is 8.78. The van der Waals surface area contributed by atoms with Crippen LogP contribution in [0.25, 0.3) is 0 Å². The summed E-state index contributed by atoms with van der Waals surface area (Å²) in [4.78, 5) is 29.3. The summed E-state index contributed by atoms with van der Waals surface area (Å²) >= 11 is 1.84. The molecule has 6 heteroatoms. The summed E-state index contributed by atoms with van der Waals surface area (Å²) < 4.78 is 0. The Hall–Kier alpha value is -1.53. The number of hydrogen-bond acceptors (Lipinski definition) is 4. The molecule has 26 heavy (non-hydrogen) atoms. The predicted octanol–water partition coefficient (Wildman–Crippen LogP) is 2.14. The van der Waals surface area contributed by atoms with E-state index in [2.05, 4.69) is 43.0 Å². The number of likely N-dealkylation sites (tertiary alicyclic amines) is 2. The summed E-state index contributed by atoms with van der Waals surface area (Å²) in [6.45, 7) is 7.80. The van der Waals surface area contributed by atoms with Crippen molar-refractivity contribution in [1.29, 1.82) is 0 Å². The quantitative estimate of drug-likeness (QED) is 0.774. The first-order chi connectivity index (χ1) is 12.4. The molecular formula is C20H29N3O2S. The minimum Gasteiger partial charge on any atom is -0.369 e. The SMILES string of the molecule is CC(C)Sc1ccc(CC(=O)N2CC(N3CCC(C(N)=O)CC3)C2)cc1. The number of piperidine rings is 1. The minimum atomic E-state index is -0.173. The number of primary amides is 1. The zero-order valence-electron chi connectivity index (χ0n) is 15.7. The van der Waals surface area contributed by atoms with Crippen molar-refractivity contribution in [3.05, 3.63) is 29.8 Å². The molecule has 0 bridgehead atoms. The van der Waals surface area contributed by atoms with Crippen LogP contribution in [-0.2, 0) is 16.0 Å². The van der Waals surface area contributed by atoms with Crippen molar-refractivity contribution in [2.75, 3.05) is 26.2 Å². The van der Waals surface area contributed by atoms with E-state index in [9.17, 15) is 9.59 Å². The van der Waals surface area contributed by atoms with Crippen LogP contribution in [0.5, 0.6) is 0 Å². The van der Waals surface area contributed by atoms with Crippen LogP contribution < -0.4 is 5.73 Å². The molecule has 3 rings (SSSR count). The van der Waals surface area contributed by atoms with Crippen LogP contribution in [0.3, 0.4) is 0 Å². The Balaban J connectivity index is 1.42. The molecule has 2 fully saturated rings. The Morgan fingerprint density at radius 1 is 1.15 bits per heavy atom. The van der Waals surface area contributed by atoms with Crippen molar-refractivity contribution in [2.24, 2.45) is 11.7 Å². The minimum absolute atomic E-state index is 0.0286. The van der Waals surface area contributed by atoms with E-state index in [4.69, 9.17) is 5.73 Å². The standard InChI is InChI=1S/C20H29N3O2S/c1-14(2)26-18-5-3-15(4-6-18)11-19(24)23-12-17(13-23)22-9-7-16(8-10-22)20(21)25/h3-6,14,16-17H,7-13H2,1-2H3,(H2,21,25). The fraction of sp³-hybridized carbons (Fsp3) is 0.600. The summed E-state index contributed by atoms with van der Waals surface area (Å²) in [5.74, 6) is 0.0614. The smallest absolute Gasteiger partial charge is 0.227 e. The molecule has 1 aromatic rings. The van der Waals surface area contributed by atoms with Crippen LogP contribution in [0.4, 0.5) is 0 Å². The van der Waals surface area contributed by atoms with E-state index in [1.807, 2.05) is 16.7 Å². The van der Waals surface area contributed by atoms with E-state index in [1.165, 1.54) is 4.90 Å². The van der Waals surface area contributed by atoms with Gasteiger partial charge in [-0.1, -0.05) is 26.0 Å². The highest BCUT2D eigenvalue weighted by atomic mass is 32.2. The highest BCUT2D eigenvalue weighted by Gasteiger charge is 2.36. The number of amides is 2. The highest BCUT2D eigenvalue weighted by molar-refractivity contribution is 7.99. The van der Waals surface area contributed by atoms with Gasteiger partial charge in [-0.3, -0.25) is 14.5 Å². The lowest BCUT2D eigenvalue weighted by molar-refractivity contribution is -0.138. The third kappa shape index (κ3) is 4.80. The Bertz CT molecular complexity index is 633. The molecular weight excluding hydrogens is 346 g/mol. The molecule has 0 spiro atoms. The van der Waals surface area contributed by atoms with Crippen LogP contribution in [0.1, 0.15) is 32.3 Å². The second kappa shape index (κ2) is 8.44. The summed E-state index contributed by atoms with van der Waals surface area (Å²) in [5.41, 5.74) is 6.47. The summed E-state index contributed by atoms with van der Waals surface area (Å²) in [6.07, 6.45) is 2.17. The fourth-order valence-electron chi connectivity index (χ4n) is 3.68. The molecule has 2 heterocycles. The topological polar surface area (TPSA) is 66.6 Å². The lowest BCUT2D eigenvalue weighted by Crippen LogP contribution is -2.62. The molecule has 2 aliphatic heterocycles. The fourth-order valence-corrected chi connectivity index (χ4v) is 4.52. The van der Waals surface area contributed by atoms with E-state index in [1.54, 1.807) is 0 Å². The van der Waals surface area contributed by atoms with E-state index in [0.717, 1.165) is 44.6 Å². The first-order valence-electron chi connectivity index (χ1n) is 9.49. The van der Waals surface area contributed by atoms with Crippen LogP contribution in [0, 0.1) is 5.92 Å². The predicted molar refractivity (Wildman–Crippen MR) is 105 cm³/mol. The average Bonchev–Trinajstić information content (AvgIpc) is 2.55. The maximum atomic E-state index is 12.5. The zero-order valence-corrected chi connectivity index (χ0v) is 16.5. The number of carbonyl (C=O) groups excluding carboxylic acids is 2. The molecule has 5 nitrogen and oxygen atoms in total. The van der Waals surface area contributed by atoms with Crippen LogP contribution in [0.15, 0.2) is 29.2 Å². The van der Waals surface area contributed by atoms with Crippen LogP contribution in [0.2, 0.25) is 0 Å². The van der Waals surface area contributed by atoms with E-state index in [0.29, 0.717) is 17.7 Å². The van der Waals surface area contributed by atoms with Gasteiger partial charge < -0.3 is 10.6 Å². The molecule has 2 amide bonds. The lowest BCUT2D eigenvalue weighted by atomic mass is 9.93. The molecule has 142 valence electrons. The van der Waals surface area contributed by atoms with Gasteiger partial charge >= 0.3 is 0 Å². The lowest BCUT2D eigenvalue weighted by Gasteiger charge is -2.47. The molecule has 0 radical (unpaired) electrons. The molecule has 0 aromatic heterocycles. The van der Waals surface area contributed by atoms with Gasteiger partial charge in [0.25, 0.3) is 0 Å². The molecule has 0 unspecified atom stereocenters. The monoisotopic (exact) mass is 375 g/mol. The van der Waals surface area contributed by atoms with Gasteiger partial charge in [0.1, 0.15) is 0 Å². The first kappa shape index (κ1) is 19.2. The van der Waals surface area contributed by atoms with Gasteiger partial charge in [0.15, 0.2) is 0 Å². The van der Waals surface area contributed by atoms with Gasteiger partial charge in [0.05, 0.1) is 6.42 Å².